The quantitative estimate of drug-likeness (QED) is 0.406. The standard InChI is InChI=1S/C8H15BrO2/c9-6-3-1-2-4-8(11)5-7-10/h7-8,11H,1-6H2/t8-/m1/s1. The second-order valence-electron chi connectivity index (χ2n) is 2.59. The van der Waals surface area contributed by atoms with E-state index in [-0.39, 0.29) is 6.42 Å². The van der Waals surface area contributed by atoms with Gasteiger partial charge in [-0.1, -0.05) is 28.8 Å². The van der Waals surface area contributed by atoms with Crippen molar-refractivity contribution >= 4 is 22.2 Å². The van der Waals surface area contributed by atoms with E-state index in [2.05, 4.69) is 15.9 Å². The SMILES string of the molecule is O=CC[C@H](O)CCCCCBr. The number of alkyl halides is 1. The van der Waals surface area contributed by atoms with Gasteiger partial charge in [0.15, 0.2) is 0 Å². The molecular formula is C8H15BrO2. The third-order valence-electron chi connectivity index (χ3n) is 1.54. The summed E-state index contributed by atoms with van der Waals surface area (Å²) in [4.78, 5) is 9.94. The van der Waals surface area contributed by atoms with Crippen LogP contribution >= 0.6 is 15.9 Å². The van der Waals surface area contributed by atoms with Gasteiger partial charge >= 0.3 is 0 Å². The first kappa shape index (κ1) is 11.1. The maximum atomic E-state index is 9.94. The van der Waals surface area contributed by atoms with Crippen LogP contribution < -0.4 is 0 Å². The Morgan fingerprint density at radius 3 is 2.64 bits per heavy atom. The fourth-order valence-electron chi connectivity index (χ4n) is 0.880. The van der Waals surface area contributed by atoms with E-state index in [1.54, 1.807) is 0 Å². The van der Waals surface area contributed by atoms with Gasteiger partial charge in [-0.25, -0.2) is 0 Å². The van der Waals surface area contributed by atoms with Crippen LogP contribution in [0, 0.1) is 0 Å². The van der Waals surface area contributed by atoms with E-state index in [1.165, 1.54) is 0 Å². The monoisotopic (exact) mass is 222 g/mol. The molecule has 11 heavy (non-hydrogen) atoms. The van der Waals surface area contributed by atoms with Crippen LogP contribution in [-0.4, -0.2) is 22.8 Å². The van der Waals surface area contributed by atoms with Crippen LogP contribution in [0.15, 0.2) is 0 Å². The molecule has 3 heteroatoms. The minimum absolute atomic E-state index is 0.286. The van der Waals surface area contributed by atoms with Gasteiger partial charge in [-0.2, -0.15) is 0 Å². The van der Waals surface area contributed by atoms with Crippen molar-refractivity contribution in [3.05, 3.63) is 0 Å². The maximum absolute atomic E-state index is 9.94. The lowest BCUT2D eigenvalue weighted by Gasteiger charge is -2.04. The van der Waals surface area contributed by atoms with Crippen LogP contribution in [0.1, 0.15) is 32.1 Å². The minimum atomic E-state index is -0.414. The van der Waals surface area contributed by atoms with Crippen LogP contribution in [0.3, 0.4) is 0 Å². The molecule has 0 aromatic carbocycles. The van der Waals surface area contributed by atoms with Gasteiger partial charge in [-0.15, -0.1) is 0 Å². The number of unbranched alkanes of at least 4 members (excludes halogenated alkanes) is 2. The number of carbonyl (C=O) groups is 1. The zero-order valence-corrected chi connectivity index (χ0v) is 8.22. The Labute approximate surface area is 76.1 Å². The molecule has 2 nitrogen and oxygen atoms in total. The van der Waals surface area contributed by atoms with Crippen molar-refractivity contribution in [2.24, 2.45) is 0 Å². The molecule has 0 radical (unpaired) electrons. The van der Waals surface area contributed by atoms with Gasteiger partial charge in [0, 0.05) is 11.8 Å². The summed E-state index contributed by atoms with van der Waals surface area (Å²) in [6, 6.07) is 0. The molecule has 0 heterocycles. The van der Waals surface area contributed by atoms with Gasteiger partial charge in [-0.05, 0) is 12.8 Å². The molecule has 0 fully saturated rings. The fraction of sp³-hybridized carbons (Fsp3) is 0.875. The highest BCUT2D eigenvalue weighted by molar-refractivity contribution is 9.09. The van der Waals surface area contributed by atoms with E-state index in [0.717, 1.165) is 37.3 Å². The number of aliphatic hydroxyl groups is 1. The van der Waals surface area contributed by atoms with Crippen molar-refractivity contribution < 1.29 is 9.90 Å². The predicted molar refractivity (Wildman–Crippen MR) is 48.9 cm³/mol. The van der Waals surface area contributed by atoms with Gasteiger partial charge in [0.1, 0.15) is 6.29 Å². The second kappa shape index (κ2) is 8.21. The van der Waals surface area contributed by atoms with Crippen molar-refractivity contribution in [3.63, 3.8) is 0 Å². The van der Waals surface area contributed by atoms with Crippen molar-refractivity contribution in [2.45, 2.75) is 38.2 Å². The first-order valence-electron chi connectivity index (χ1n) is 3.99. The molecule has 0 amide bonds. The van der Waals surface area contributed by atoms with Crippen LogP contribution in [-0.2, 0) is 4.79 Å². The Morgan fingerprint density at radius 1 is 1.36 bits per heavy atom. The Kier molecular flexibility index (Phi) is 8.29. The Bertz CT molecular complexity index is 96.1. The Balaban J connectivity index is 3.03. The maximum Gasteiger partial charge on any atom is 0.122 e. The summed E-state index contributed by atoms with van der Waals surface area (Å²) in [6.07, 6.45) is 4.69. The molecule has 1 N–H and O–H groups in total. The summed E-state index contributed by atoms with van der Waals surface area (Å²) >= 11 is 3.33. The average Bonchev–Trinajstić information content (AvgIpc) is 1.99. The largest absolute Gasteiger partial charge is 0.393 e. The van der Waals surface area contributed by atoms with Gasteiger partial charge in [0.2, 0.25) is 0 Å². The van der Waals surface area contributed by atoms with E-state index in [1.807, 2.05) is 0 Å². The lowest BCUT2D eigenvalue weighted by molar-refractivity contribution is -0.109. The topological polar surface area (TPSA) is 37.3 Å². The Hall–Kier alpha value is 0.110. The number of aldehydes is 1. The summed E-state index contributed by atoms with van der Waals surface area (Å²) < 4.78 is 0. The number of rotatable bonds is 7. The van der Waals surface area contributed by atoms with Crippen LogP contribution in [0.2, 0.25) is 0 Å². The molecule has 0 aliphatic rings. The lowest BCUT2D eigenvalue weighted by Crippen LogP contribution is -2.06. The minimum Gasteiger partial charge on any atom is -0.393 e. The molecule has 0 aromatic heterocycles. The van der Waals surface area contributed by atoms with Crippen LogP contribution in [0.4, 0.5) is 0 Å². The molecule has 0 spiro atoms. The zero-order chi connectivity index (χ0) is 8.53. The summed E-state index contributed by atoms with van der Waals surface area (Å²) in [5, 5.41) is 10.1. The average molecular weight is 223 g/mol. The van der Waals surface area contributed by atoms with Gasteiger partial charge in [-0.3, -0.25) is 0 Å². The van der Waals surface area contributed by atoms with Gasteiger partial charge < -0.3 is 9.90 Å². The van der Waals surface area contributed by atoms with E-state index in [9.17, 15) is 4.79 Å². The lowest BCUT2D eigenvalue weighted by atomic mass is 10.1. The molecule has 66 valence electrons. The van der Waals surface area contributed by atoms with Crippen molar-refractivity contribution in [3.8, 4) is 0 Å². The summed E-state index contributed by atoms with van der Waals surface area (Å²) in [7, 11) is 0. The van der Waals surface area contributed by atoms with E-state index >= 15 is 0 Å². The first-order chi connectivity index (χ1) is 5.31. The van der Waals surface area contributed by atoms with Gasteiger partial charge in [0.05, 0.1) is 6.10 Å². The number of hydrogen-bond donors (Lipinski definition) is 1. The fourth-order valence-corrected chi connectivity index (χ4v) is 1.28. The first-order valence-corrected chi connectivity index (χ1v) is 5.11. The van der Waals surface area contributed by atoms with Crippen molar-refractivity contribution in [1.82, 2.24) is 0 Å². The van der Waals surface area contributed by atoms with E-state index in [0.29, 0.717) is 0 Å². The van der Waals surface area contributed by atoms with Crippen molar-refractivity contribution in [1.29, 1.82) is 0 Å². The Morgan fingerprint density at radius 2 is 2.09 bits per heavy atom. The summed E-state index contributed by atoms with van der Waals surface area (Å²) in [5.74, 6) is 0. The number of carbonyl (C=O) groups excluding carboxylic acids is 1. The molecule has 0 aromatic rings. The summed E-state index contributed by atoms with van der Waals surface area (Å²) in [6.45, 7) is 0. The van der Waals surface area contributed by atoms with E-state index < -0.39 is 6.10 Å². The molecule has 0 bridgehead atoms. The highest BCUT2D eigenvalue weighted by atomic mass is 79.9. The highest BCUT2D eigenvalue weighted by Crippen LogP contribution is 2.06. The molecule has 0 aliphatic carbocycles. The normalized spacial score (nSPS) is 12.9. The third kappa shape index (κ3) is 8.01. The number of aliphatic hydroxyl groups excluding tert-OH is 1. The van der Waals surface area contributed by atoms with Crippen LogP contribution in [0.5, 0.6) is 0 Å². The molecule has 0 saturated heterocycles. The molecule has 0 rings (SSSR count). The molecule has 0 saturated carbocycles. The van der Waals surface area contributed by atoms with Crippen molar-refractivity contribution in [2.75, 3.05) is 5.33 Å². The predicted octanol–water partition coefficient (Wildman–Crippen LogP) is 1.89. The van der Waals surface area contributed by atoms with E-state index in [4.69, 9.17) is 5.11 Å². The highest BCUT2D eigenvalue weighted by Gasteiger charge is 2.01. The zero-order valence-electron chi connectivity index (χ0n) is 6.63. The molecular weight excluding hydrogens is 208 g/mol. The van der Waals surface area contributed by atoms with Gasteiger partial charge in [0.25, 0.3) is 0 Å². The molecule has 0 aliphatic heterocycles. The third-order valence-corrected chi connectivity index (χ3v) is 2.10. The number of hydrogen-bond acceptors (Lipinski definition) is 2. The summed E-state index contributed by atoms with van der Waals surface area (Å²) in [5.41, 5.74) is 0. The smallest absolute Gasteiger partial charge is 0.122 e. The molecule has 1 atom stereocenters. The number of halogens is 1. The second-order valence-corrected chi connectivity index (χ2v) is 3.39. The molecule has 0 unspecified atom stereocenters. The van der Waals surface area contributed by atoms with Crippen LogP contribution in [0.25, 0.3) is 0 Å².